The van der Waals surface area contributed by atoms with Crippen LogP contribution in [0.3, 0.4) is 0 Å². The summed E-state index contributed by atoms with van der Waals surface area (Å²) in [6.45, 7) is 8.36. The SMILES string of the molecule is CCN(CCC(=O)O)C(=O)c1cnn(-c2cc(C)ccc2C)c1C. The largest absolute Gasteiger partial charge is 0.481 e. The third kappa shape index (κ3) is 3.64. The van der Waals surface area contributed by atoms with Crippen molar-refractivity contribution in [2.24, 2.45) is 0 Å². The third-order valence-corrected chi connectivity index (χ3v) is 4.10. The number of hydrogen-bond acceptors (Lipinski definition) is 3. The molecule has 128 valence electrons. The van der Waals surface area contributed by atoms with Crippen molar-refractivity contribution < 1.29 is 14.7 Å². The second kappa shape index (κ2) is 7.29. The highest BCUT2D eigenvalue weighted by atomic mass is 16.4. The van der Waals surface area contributed by atoms with Crippen molar-refractivity contribution in [2.45, 2.75) is 34.1 Å². The number of carbonyl (C=O) groups is 2. The first-order chi connectivity index (χ1) is 11.3. The van der Waals surface area contributed by atoms with Crippen LogP contribution in [0, 0.1) is 20.8 Å². The van der Waals surface area contributed by atoms with Gasteiger partial charge < -0.3 is 10.0 Å². The van der Waals surface area contributed by atoms with E-state index in [1.807, 2.05) is 45.9 Å². The van der Waals surface area contributed by atoms with Gasteiger partial charge in [-0.15, -0.1) is 0 Å². The van der Waals surface area contributed by atoms with E-state index in [0.717, 1.165) is 22.5 Å². The van der Waals surface area contributed by atoms with E-state index in [1.54, 1.807) is 10.9 Å². The molecule has 0 saturated heterocycles. The van der Waals surface area contributed by atoms with Crippen LogP contribution in [0.25, 0.3) is 5.69 Å². The summed E-state index contributed by atoms with van der Waals surface area (Å²) in [5.74, 6) is -1.10. The first kappa shape index (κ1) is 17.7. The fourth-order valence-corrected chi connectivity index (χ4v) is 2.61. The van der Waals surface area contributed by atoms with Gasteiger partial charge in [-0.05, 0) is 44.9 Å². The van der Waals surface area contributed by atoms with Crippen molar-refractivity contribution in [3.05, 3.63) is 46.8 Å². The lowest BCUT2D eigenvalue weighted by atomic mass is 10.1. The molecular formula is C18H23N3O3. The number of rotatable bonds is 6. The van der Waals surface area contributed by atoms with Crippen LogP contribution in [0.2, 0.25) is 0 Å². The van der Waals surface area contributed by atoms with E-state index in [2.05, 4.69) is 5.10 Å². The molecule has 0 aliphatic heterocycles. The Bertz CT molecular complexity index is 765. The molecule has 6 heteroatoms. The van der Waals surface area contributed by atoms with E-state index >= 15 is 0 Å². The summed E-state index contributed by atoms with van der Waals surface area (Å²) in [7, 11) is 0. The van der Waals surface area contributed by atoms with E-state index in [1.165, 1.54) is 4.90 Å². The summed E-state index contributed by atoms with van der Waals surface area (Å²) in [5.41, 5.74) is 4.39. The standard InChI is InChI=1S/C18H23N3O3/c1-5-20(9-8-17(22)23)18(24)15-11-19-21(14(15)4)16-10-12(2)6-7-13(16)3/h6-7,10-11H,5,8-9H2,1-4H3,(H,22,23). The Hall–Kier alpha value is -2.63. The Balaban J connectivity index is 2.33. The lowest BCUT2D eigenvalue weighted by molar-refractivity contribution is -0.137. The average Bonchev–Trinajstić information content (AvgIpc) is 2.91. The van der Waals surface area contributed by atoms with Gasteiger partial charge in [0.2, 0.25) is 0 Å². The molecule has 0 aliphatic rings. The smallest absolute Gasteiger partial charge is 0.305 e. The fourth-order valence-electron chi connectivity index (χ4n) is 2.61. The molecule has 2 aromatic rings. The maximum Gasteiger partial charge on any atom is 0.305 e. The number of carbonyl (C=O) groups excluding carboxylic acids is 1. The van der Waals surface area contributed by atoms with Gasteiger partial charge in [0.25, 0.3) is 5.91 Å². The summed E-state index contributed by atoms with van der Waals surface area (Å²) in [6, 6.07) is 6.10. The molecule has 0 spiro atoms. The molecule has 0 aliphatic carbocycles. The molecule has 0 radical (unpaired) electrons. The Morgan fingerprint density at radius 3 is 2.58 bits per heavy atom. The van der Waals surface area contributed by atoms with Crippen LogP contribution in [-0.4, -0.2) is 44.8 Å². The van der Waals surface area contributed by atoms with Crippen molar-refractivity contribution in [2.75, 3.05) is 13.1 Å². The summed E-state index contributed by atoms with van der Waals surface area (Å²) in [5, 5.41) is 13.2. The Morgan fingerprint density at radius 1 is 1.25 bits per heavy atom. The van der Waals surface area contributed by atoms with Crippen molar-refractivity contribution in [1.29, 1.82) is 0 Å². The number of carboxylic acid groups (broad SMARTS) is 1. The maximum atomic E-state index is 12.7. The van der Waals surface area contributed by atoms with Crippen molar-refractivity contribution in [3.8, 4) is 5.69 Å². The first-order valence-corrected chi connectivity index (χ1v) is 7.98. The van der Waals surface area contributed by atoms with Crippen molar-refractivity contribution in [1.82, 2.24) is 14.7 Å². The molecule has 1 aromatic heterocycles. The molecule has 0 atom stereocenters. The number of benzene rings is 1. The number of aromatic nitrogens is 2. The highest BCUT2D eigenvalue weighted by molar-refractivity contribution is 5.95. The number of nitrogens with zero attached hydrogens (tertiary/aromatic N) is 3. The molecule has 0 fully saturated rings. The minimum atomic E-state index is -0.913. The van der Waals surface area contributed by atoms with Crippen LogP contribution in [0.1, 0.15) is 40.5 Å². The molecule has 0 unspecified atom stereocenters. The molecule has 0 saturated carbocycles. The minimum absolute atomic E-state index is 0.0657. The van der Waals surface area contributed by atoms with Crippen LogP contribution < -0.4 is 0 Å². The maximum absolute atomic E-state index is 12.7. The average molecular weight is 329 g/mol. The molecule has 1 amide bonds. The van der Waals surface area contributed by atoms with Gasteiger partial charge in [-0.25, -0.2) is 4.68 Å². The van der Waals surface area contributed by atoms with E-state index in [-0.39, 0.29) is 18.9 Å². The molecule has 6 nitrogen and oxygen atoms in total. The number of aryl methyl sites for hydroxylation is 2. The predicted octanol–water partition coefficient (Wildman–Crippen LogP) is 2.73. The van der Waals surface area contributed by atoms with Crippen LogP contribution in [-0.2, 0) is 4.79 Å². The quantitative estimate of drug-likeness (QED) is 0.884. The van der Waals surface area contributed by atoms with Gasteiger partial charge in [0.1, 0.15) is 0 Å². The lowest BCUT2D eigenvalue weighted by Gasteiger charge is -2.19. The van der Waals surface area contributed by atoms with Crippen molar-refractivity contribution >= 4 is 11.9 Å². The Kier molecular flexibility index (Phi) is 5.39. The first-order valence-electron chi connectivity index (χ1n) is 7.98. The molecule has 24 heavy (non-hydrogen) atoms. The fraction of sp³-hybridized carbons (Fsp3) is 0.389. The highest BCUT2D eigenvalue weighted by Crippen LogP contribution is 2.20. The molecule has 1 aromatic carbocycles. The Labute approximate surface area is 141 Å². The number of aliphatic carboxylic acids is 1. The van der Waals surface area contributed by atoms with Gasteiger partial charge in [0.05, 0.1) is 29.6 Å². The third-order valence-electron chi connectivity index (χ3n) is 4.10. The summed E-state index contributed by atoms with van der Waals surface area (Å²) in [4.78, 5) is 25.0. The number of hydrogen-bond donors (Lipinski definition) is 1. The molecule has 1 N–H and O–H groups in total. The van der Waals surface area contributed by atoms with Gasteiger partial charge in [-0.1, -0.05) is 12.1 Å². The van der Waals surface area contributed by atoms with Gasteiger partial charge in [0, 0.05) is 13.1 Å². The normalized spacial score (nSPS) is 10.7. The minimum Gasteiger partial charge on any atom is -0.481 e. The van der Waals surface area contributed by atoms with Crippen LogP contribution in [0.5, 0.6) is 0 Å². The van der Waals surface area contributed by atoms with Crippen LogP contribution in [0.15, 0.2) is 24.4 Å². The molecule has 1 heterocycles. The van der Waals surface area contributed by atoms with E-state index < -0.39 is 5.97 Å². The van der Waals surface area contributed by atoms with Gasteiger partial charge in [-0.2, -0.15) is 5.10 Å². The zero-order valence-electron chi connectivity index (χ0n) is 14.5. The van der Waals surface area contributed by atoms with Gasteiger partial charge in [0.15, 0.2) is 0 Å². The van der Waals surface area contributed by atoms with Crippen molar-refractivity contribution in [3.63, 3.8) is 0 Å². The van der Waals surface area contributed by atoms with E-state index in [0.29, 0.717) is 12.1 Å². The second-order valence-corrected chi connectivity index (χ2v) is 5.87. The molecule has 0 bridgehead atoms. The number of amides is 1. The van der Waals surface area contributed by atoms with Crippen LogP contribution >= 0.6 is 0 Å². The highest BCUT2D eigenvalue weighted by Gasteiger charge is 2.21. The monoisotopic (exact) mass is 329 g/mol. The number of carboxylic acids is 1. The Morgan fingerprint density at radius 2 is 1.96 bits per heavy atom. The summed E-state index contributed by atoms with van der Waals surface area (Å²) < 4.78 is 1.76. The summed E-state index contributed by atoms with van der Waals surface area (Å²) in [6.07, 6.45) is 1.49. The zero-order valence-corrected chi connectivity index (χ0v) is 14.5. The molecule has 2 rings (SSSR count). The van der Waals surface area contributed by atoms with E-state index in [4.69, 9.17) is 5.11 Å². The second-order valence-electron chi connectivity index (χ2n) is 5.87. The molecular weight excluding hydrogens is 306 g/mol. The van der Waals surface area contributed by atoms with Gasteiger partial charge >= 0.3 is 5.97 Å². The van der Waals surface area contributed by atoms with Crippen LogP contribution in [0.4, 0.5) is 0 Å². The summed E-state index contributed by atoms with van der Waals surface area (Å²) >= 11 is 0. The topological polar surface area (TPSA) is 75.4 Å². The van der Waals surface area contributed by atoms with E-state index in [9.17, 15) is 9.59 Å². The van der Waals surface area contributed by atoms with Gasteiger partial charge in [-0.3, -0.25) is 9.59 Å². The zero-order chi connectivity index (χ0) is 17.9. The predicted molar refractivity (Wildman–Crippen MR) is 91.6 cm³/mol. The lowest BCUT2D eigenvalue weighted by Crippen LogP contribution is -2.33.